The highest BCUT2D eigenvalue weighted by Gasteiger charge is 2.29. The molecule has 0 spiro atoms. The van der Waals surface area contributed by atoms with Crippen molar-refractivity contribution in [1.29, 1.82) is 0 Å². The molecule has 2 aliphatic carbocycles. The molecule has 136 valence electrons. The molecule has 0 fully saturated rings. The van der Waals surface area contributed by atoms with Crippen LogP contribution in [0.4, 0.5) is 0 Å². The van der Waals surface area contributed by atoms with Gasteiger partial charge in [-0.1, -0.05) is 60.7 Å². The van der Waals surface area contributed by atoms with E-state index in [1.54, 1.807) is 0 Å². The van der Waals surface area contributed by atoms with E-state index in [2.05, 4.69) is 85.3 Å². The lowest BCUT2D eigenvalue weighted by Gasteiger charge is -2.27. The fourth-order valence-corrected chi connectivity index (χ4v) is 4.65. The average Bonchev–Trinajstić information content (AvgIpc) is 2.75. The van der Waals surface area contributed by atoms with Gasteiger partial charge < -0.3 is 0 Å². The molecule has 0 N–H and O–H groups in total. The monoisotopic (exact) mass is 370 g/mol. The summed E-state index contributed by atoms with van der Waals surface area (Å²) in [6, 6.07) is 25.4. The van der Waals surface area contributed by atoms with E-state index in [1.807, 2.05) is 12.1 Å². The minimum atomic E-state index is 0.00666. The van der Waals surface area contributed by atoms with E-state index >= 15 is 0 Å². The summed E-state index contributed by atoms with van der Waals surface area (Å²) in [5.74, 6) is 0.0754. The van der Waals surface area contributed by atoms with Gasteiger partial charge in [0.2, 0.25) is 0 Å². The zero-order valence-electron chi connectivity index (χ0n) is 15.9. The van der Waals surface area contributed by atoms with Gasteiger partial charge in [-0.2, -0.15) is 0 Å². The van der Waals surface area contributed by atoms with Crippen molar-refractivity contribution in [3.05, 3.63) is 113 Å². The van der Waals surface area contributed by atoms with E-state index in [9.17, 15) is 4.79 Å². The van der Waals surface area contributed by atoms with Gasteiger partial charge in [-0.15, -0.1) is 0 Å². The second-order valence-electron chi connectivity index (χ2n) is 7.86. The molecule has 4 aromatic carbocycles. The predicted molar refractivity (Wildman–Crippen MR) is 120 cm³/mol. The molecule has 2 radical (unpaired) electrons. The standard InChI is InChI=1S/C28H18O/c29-28-17-24-14-20-8-2-1-7-19(20)13-23(24)16-27(28)25-11-5-10-22-12-18-6-3-4-9-21(18)15-26(22)25/h1-10,12-16,25H,11H2. The maximum Gasteiger partial charge on any atom is 0.172 e. The lowest BCUT2D eigenvalue weighted by molar-refractivity contribution is -0.112. The Labute approximate surface area is 170 Å². The Morgan fingerprint density at radius 3 is 2.10 bits per heavy atom. The lowest BCUT2D eigenvalue weighted by atomic mass is 9.76. The van der Waals surface area contributed by atoms with E-state index in [0.29, 0.717) is 0 Å². The van der Waals surface area contributed by atoms with Crippen LogP contribution in [0.3, 0.4) is 0 Å². The summed E-state index contributed by atoms with van der Waals surface area (Å²) in [5, 5.41) is 4.78. The first-order valence-electron chi connectivity index (χ1n) is 10.0. The van der Waals surface area contributed by atoms with Crippen LogP contribution in [0, 0.1) is 6.42 Å². The maximum atomic E-state index is 13.1. The van der Waals surface area contributed by atoms with Crippen LogP contribution in [0.25, 0.3) is 33.7 Å². The van der Waals surface area contributed by atoms with Gasteiger partial charge in [0.05, 0.1) is 6.42 Å². The molecule has 0 saturated carbocycles. The summed E-state index contributed by atoms with van der Waals surface area (Å²) in [5.41, 5.74) is 5.25. The van der Waals surface area contributed by atoms with Gasteiger partial charge >= 0.3 is 0 Å². The van der Waals surface area contributed by atoms with Crippen molar-refractivity contribution in [2.45, 2.75) is 12.3 Å². The lowest BCUT2D eigenvalue weighted by Crippen LogP contribution is -2.18. The summed E-state index contributed by atoms with van der Waals surface area (Å²) in [6.45, 7) is 0. The van der Waals surface area contributed by atoms with E-state index in [-0.39, 0.29) is 11.7 Å². The second kappa shape index (κ2) is 6.28. The largest absolute Gasteiger partial charge is 0.293 e. The summed E-state index contributed by atoms with van der Waals surface area (Å²) < 4.78 is 0. The number of Topliss-reactive ketones (excluding diaryl/α,β-unsaturated/α-hetero) is 1. The maximum absolute atomic E-state index is 13.1. The van der Waals surface area contributed by atoms with E-state index in [0.717, 1.165) is 28.5 Å². The number of hydrogen-bond acceptors (Lipinski definition) is 1. The molecule has 2 aliphatic rings. The molecule has 0 aromatic heterocycles. The fourth-order valence-electron chi connectivity index (χ4n) is 4.65. The summed E-state index contributed by atoms with van der Waals surface area (Å²) >= 11 is 0. The molecule has 29 heavy (non-hydrogen) atoms. The quantitative estimate of drug-likeness (QED) is 0.369. The third-order valence-electron chi connectivity index (χ3n) is 6.11. The van der Waals surface area contributed by atoms with Crippen molar-refractivity contribution in [2.24, 2.45) is 0 Å². The number of hydrogen-bond donors (Lipinski definition) is 0. The normalized spacial score (nSPS) is 17.9. The fraction of sp³-hybridized carbons (Fsp3) is 0.0714. The molecule has 0 aliphatic heterocycles. The Hall–Kier alpha value is -3.45. The Bertz CT molecular complexity index is 1370. The molecule has 6 rings (SSSR count). The van der Waals surface area contributed by atoms with Crippen LogP contribution in [0.2, 0.25) is 0 Å². The minimum absolute atomic E-state index is 0.00666. The predicted octanol–water partition coefficient (Wildman–Crippen LogP) is 6.59. The molecule has 0 amide bonds. The number of carbonyl (C=O) groups is 1. The number of benzene rings is 4. The van der Waals surface area contributed by atoms with Crippen molar-refractivity contribution in [1.82, 2.24) is 0 Å². The van der Waals surface area contributed by atoms with Gasteiger partial charge in [0, 0.05) is 11.5 Å². The smallest absolute Gasteiger partial charge is 0.172 e. The van der Waals surface area contributed by atoms with E-state index in [1.165, 1.54) is 27.3 Å². The van der Waals surface area contributed by atoms with Crippen molar-refractivity contribution in [3.63, 3.8) is 0 Å². The Kier molecular flexibility index (Phi) is 3.57. The molecule has 0 bridgehead atoms. The number of allylic oxidation sites excluding steroid dienone is 2. The SMILES string of the molecule is O=C1[C]c2cc3ccccc3cc2C=C1C1CC=Cc2cc3ccccc3cc21. The van der Waals surface area contributed by atoms with Crippen molar-refractivity contribution in [2.75, 3.05) is 0 Å². The number of ketones is 1. The van der Waals surface area contributed by atoms with Gasteiger partial charge in [-0.3, -0.25) is 4.79 Å². The second-order valence-corrected chi connectivity index (χ2v) is 7.86. The van der Waals surface area contributed by atoms with Crippen LogP contribution < -0.4 is 0 Å². The molecule has 1 nitrogen and oxygen atoms in total. The zero-order valence-corrected chi connectivity index (χ0v) is 15.9. The molecule has 1 heteroatoms. The van der Waals surface area contributed by atoms with Crippen LogP contribution in [0.15, 0.2) is 84.4 Å². The van der Waals surface area contributed by atoms with Crippen molar-refractivity contribution in [3.8, 4) is 0 Å². The molecule has 0 saturated heterocycles. The van der Waals surface area contributed by atoms with Gasteiger partial charge in [0.15, 0.2) is 5.78 Å². The van der Waals surface area contributed by atoms with Gasteiger partial charge in [0.1, 0.15) is 0 Å². The van der Waals surface area contributed by atoms with Gasteiger partial charge in [-0.05, 0) is 80.6 Å². The van der Waals surface area contributed by atoms with Crippen LogP contribution in [0.5, 0.6) is 0 Å². The van der Waals surface area contributed by atoms with E-state index < -0.39 is 0 Å². The topological polar surface area (TPSA) is 17.1 Å². The Balaban J connectivity index is 1.51. The molecule has 1 unspecified atom stereocenters. The van der Waals surface area contributed by atoms with Gasteiger partial charge in [-0.25, -0.2) is 0 Å². The van der Waals surface area contributed by atoms with Crippen LogP contribution in [0.1, 0.15) is 34.6 Å². The molecule has 0 heterocycles. The highest BCUT2D eigenvalue weighted by molar-refractivity contribution is 6.12. The minimum Gasteiger partial charge on any atom is -0.293 e. The average molecular weight is 370 g/mol. The van der Waals surface area contributed by atoms with Crippen molar-refractivity contribution < 1.29 is 4.79 Å². The number of fused-ring (bicyclic) bond motifs is 4. The Morgan fingerprint density at radius 1 is 0.759 bits per heavy atom. The molecular formula is C28H18O. The third-order valence-corrected chi connectivity index (χ3v) is 6.11. The highest BCUT2D eigenvalue weighted by atomic mass is 16.1. The first-order valence-corrected chi connectivity index (χ1v) is 10.0. The van der Waals surface area contributed by atoms with Crippen LogP contribution in [-0.4, -0.2) is 5.78 Å². The van der Waals surface area contributed by atoms with Crippen LogP contribution >= 0.6 is 0 Å². The molecule has 4 aromatic rings. The third kappa shape index (κ3) is 2.66. The van der Waals surface area contributed by atoms with Crippen molar-refractivity contribution >= 4 is 39.5 Å². The number of rotatable bonds is 1. The summed E-state index contributed by atoms with van der Waals surface area (Å²) in [6.07, 6.45) is 10.4. The van der Waals surface area contributed by atoms with Gasteiger partial charge in [0.25, 0.3) is 0 Å². The molecular weight excluding hydrogens is 352 g/mol. The Morgan fingerprint density at radius 2 is 1.38 bits per heavy atom. The molecule has 1 atom stereocenters. The summed E-state index contributed by atoms with van der Waals surface area (Å²) in [7, 11) is 0. The highest BCUT2D eigenvalue weighted by Crippen LogP contribution is 2.41. The summed E-state index contributed by atoms with van der Waals surface area (Å²) in [4.78, 5) is 13.1. The first-order chi connectivity index (χ1) is 14.3. The van der Waals surface area contributed by atoms with Crippen LogP contribution in [-0.2, 0) is 4.79 Å². The van der Waals surface area contributed by atoms with E-state index in [4.69, 9.17) is 0 Å². The zero-order chi connectivity index (χ0) is 19.4. The first kappa shape index (κ1) is 16.5. The number of carbonyl (C=O) groups excluding carboxylic acids is 1.